The lowest BCUT2D eigenvalue weighted by Crippen LogP contribution is -2.27. The molecule has 0 atom stereocenters. The van der Waals surface area contributed by atoms with Gasteiger partial charge >= 0.3 is 8.56 Å². The Morgan fingerprint density at radius 3 is 1.00 bits per heavy atom. The molecule has 0 aliphatic heterocycles. The molecule has 0 saturated carbocycles. The monoisotopic (exact) mass is 210 g/mol. The van der Waals surface area contributed by atoms with Crippen molar-refractivity contribution in [2.24, 2.45) is 0 Å². The van der Waals surface area contributed by atoms with Crippen LogP contribution in [0.2, 0.25) is 31.7 Å². The quantitative estimate of drug-likeness (QED) is 0.602. The van der Waals surface area contributed by atoms with Crippen LogP contribution in [0.15, 0.2) is 0 Å². The fourth-order valence-electron chi connectivity index (χ4n) is 0. The molecule has 0 aromatic carbocycles. The molecule has 0 saturated heterocycles. The average Bonchev–Trinajstić information content (AvgIpc) is 1.86. The van der Waals surface area contributed by atoms with Crippen molar-refractivity contribution in [3.63, 3.8) is 0 Å². The zero-order valence-electron chi connectivity index (χ0n) is 8.76. The van der Waals surface area contributed by atoms with Gasteiger partial charge in [0.25, 0.3) is 0 Å². The smallest absolute Gasteiger partial charge is 0.329 e. The summed E-state index contributed by atoms with van der Waals surface area (Å²) in [5.74, 6) is 0. The van der Waals surface area contributed by atoms with Crippen LogP contribution in [0.1, 0.15) is 13.8 Å². The number of hydrogen-bond acceptors (Lipinski definition) is 3. The van der Waals surface area contributed by atoms with Gasteiger partial charge in [0, 0.05) is 0 Å². The maximum atomic E-state index is 8.97. The van der Waals surface area contributed by atoms with Gasteiger partial charge in [0.05, 0.1) is 0 Å². The lowest BCUT2D eigenvalue weighted by molar-refractivity contribution is 0.372. The maximum absolute atomic E-state index is 8.97. The van der Waals surface area contributed by atoms with Crippen LogP contribution in [0, 0.1) is 0 Å². The Balaban J connectivity index is 0. The van der Waals surface area contributed by atoms with Crippen LogP contribution in [-0.4, -0.2) is 31.3 Å². The van der Waals surface area contributed by atoms with Gasteiger partial charge in [-0.25, -0.2) is 0 Å². The van der Waals surface area contributed by atoms with Gasteiger partial charge < -0.3 is 14.4 Å². The molecule has 0 bridgehead atoms. The van der Waals surface area contributed by atoms with Crippen LogP contribution in [0.3, 0.4) is 0 Å². The summed E-state index contributed by atoms with van der Waals surface area (Å²) in [4.78, 5) is 26.0. The number of hydrogen-bond donors (Lipinski definition) is 3. The Kier molecular flexibility index (Phi) is 7.25. The van der Waals surface area contributed by atoms with Crippen molar-refractivity contribution in [1.82, 2.24) is 0 Å². The molecule has 0 rings (SSSR count). The highest BCUT2D eigenvalue weighted by Crippen LogP contribution is 1.99. The second kappa shape index (κ2) is 5.87. The molecule has 0 spiro atoms. The second-order valence-electron chi connectivity index (χ2n) is 3.74. The van der Waals surface area contributed by atoms with Crippen LogP contribution in [0.5, 0.6) is 0 Å². The van der Waals surface area contributed by atoms with Crippen molar-refractivity contribution in [3.05, 3.63) is 0 Å². The lowest BCUT2D eigenvalue weighted by atomic mass is 11.0. The average molecular weight is 210 g/mol. The summed E-state index contributed by atoms with van der Waals surface area (Å²) in [5, 5.41) is 0. The Labute approximate surface area is 77.4 Å². The van der Waals surface area contributed by atoms with E-state index in [9.17, 15) is 0 Å². The maximum Gasteiger partial charge on any atom is 0.329 e. The van der Waals surface area contributed by atoms with Crippen LogP contribution in [0.25, 0.3) is 0 Å². The third-order valence-corrected chi connectivity index (χ3v) is 4.61. The van der Waals surface area contributed by atoms with Crippen molar-refractivity contribution < 1.29 is 14.4 Å². The predicted octanol–water partition coefficient (Wildman–Crippen LogP) is 1.27. The minimum absolute atomic E-state index is 0.521. The van der Waals surface area contributed by atoms with E-state index in [1.807, 2.05) is 20.0 Å². The van der Waals surface area contributed by atoms with Crippen LogP contribution in [0.4, 0.5) is 0 Å². The lowest BCUT2D eigenvalue weighted by Gasteiger charge is -2.07. The van der Waals surface area contributed by atoms with E-state index in [4.69, 9.17) is 14.4 Å². The number of rotatable bonds is 2. The van der Waals surface area contributed by atoms with Crippen LogP contribution >= 0.6 is 0 Å². The van der Waals surface area contributed by atoms with Crippen molar-refractivity contribution in [1.29, 1.82) is 0 Å². The van der Waals surface area contributed by atoms with E-state index in [0.29, 0.717) is 6.04 Å². The fraction of sp³-hybridized carbons (Fsp3) is 1.00. The van der Waals surface area contributed by atoms with Gasteiger partial charge in [-0.3, -0.25) is 0 Å². The normalized spacial score (nSPS) is 12.0. The van der Waals surface area contributed by atoms with Gasteiger partial charge in [-0.1, -0.05) is 13.8 Å². The Hall–Kier alpha value is 0.314. The molecule has 0 amide bonds. The van der Waals surface area contributed by atoms with Crippen molar-refractivity contribution in [3.8, 4) is 0 Å². The molecule has 5 heteroatoms. The van der Waals surface area contributed by atoms with E-state index >= 15 is 0 Å². The third-order valence-electron chi connectivity index (χ3n) is 1.54. The summed E-state index contributed by atoms with van der Waals surface area (Å²) in [5.41, 5.74) is 0. The summed E-state index contributed by atoms with van der Waals surface area (Å²) < 4.78 is 0. The highest BCUT2D eigenvalue weighted by Gasteiger charge is 2.15. The van der Waals surface area contributed by atoms with Gasteiger partial charge in [-0.15, -0.1) is 0 Å². The largest absolute Gasteiger partial charge is 0.432 e. The van der Waals surface area contributed by atoms with Gasteiger partial charge in [0.1, 0.15) is 0 Å². The molecule has 0 unspecified atom stereocenters. The fourth-order valence-corrected chi connectivity index (χ4v) is 0. The Morgan fingerprint density at radius 2 is 1.00 bits per heavy atom. The Bertz CT molecular complexity index is 90.2. The molecular weight excluding hydrogens is 188 g/mol. The standard InChI is InChI=1S/C4H12OSi.C3H10O2Si/c1-4-6(2,3)5;1-3-6(2,4)5/h5H,4H2,1-3H3;4-5H,3H2,1-2H3. The predicted molar refractivity (Wildman–Crippen MR) is 56.7 cm³/mol. The van der Waals surface area contributed by atoms with Gasteiger partial charge in [-0.05, 0) is 31.7 Å². The first kappa shape index (κ1) is 14.8. The molecule has 0 radical (unpaired) electrons. The molecule has 0 aromatic heterocycles. The van der Waals surface area contributed by atoms with Crippen molar-refractivity contribution in [2.75, 3.05) is 0 Å². The highest BCUT2D eigenvalue weighted by molar-refractivity contribution is 6.69. The van der Waals surface area contributed by atoms with E-state index in [1.165, 1.54) is 6.55 Å². The molecule has 0 fully saturated rings. The molecule has 12 heavy (non-hydrogen) atoms. The highest BCUT2D eigenvalue weighted by atomic mass is 28.4. The molecule has 3 nitrogen and oxygen atoms in total. The van der Waals surface area contributed by atoms with Gasteiger partial charge in [0.2, 0.25) is 0 Å². The van der Waals surface area contributed by atoms with E-state index in [2.05, 4.69) is 0 Å². The summed E-state index contributed by atoms with van der Waals surface area (Å²) in [6, 6.07) is 1.49. The van der Waals surface area contributed by atoms with E-state index < -0.39 is 16.9 Å². The molecular formula is C7H22O3Si2. The van der Waals surface area contributed by atoms with Crippen LogP contribution in [-0.2, 0) is 0 Å². The van der Waals surface area contributed by atoms with Crippen LogP contribution < -0.4 is 0 Å². The van der Waals surface area contributed by atoms with Crippen molar-refractivity contribution >= 4 is 16.9 Å². The molecule has 0 aromatic rings. The van der Waals surface area contributed by atoms with Gasteiger partial charge in [0.15, 0.2) is 8.32 Å². The Morgan fingerprint density at radius 1 is 0.833 bits per heavy atom. The molecule has 0 aliphatic rings. The zero-order chi connectivity index (χ0) is 10.4. The van der Waals surface area contributed by atoms with Crippen molar-refractivity contribution in [2.45, 2.75) is 45.6 Å². The zero-order valence-corrected chi connectivity index (χ0v) is 10.8. The molecule has 0 aliphatic carbocycles. The minimum Gasteiger partial charge on any atom is -0.432 e. The van der Waals surface area contributed by atoms with Gasteiger partial charge in [-0.2, -0.15) is 0 Å². The minimum atomic E-state index is -2.63. The molecule has 0 heterocycles. The van der Waals surface area contributed by atoms with E-state index in [-0.39, 0.29) is 0 Å². The summed E-state index contributed by atoms with van der Waals surface area (Å²) >= 11 is 0. The summed E-state index contributed by atoms with van der Waals surface area (Å²) in [6.45, 7) is 9.16. The molecule has 3 N–H and O–H groups in total. The summed E-state index contributed by atoms with van der Waals surface area (Å²) in [7, 11) is -4.26. The topological polar surface area (TPSA) is 60.7 Å². The second-order valence-corrected chi connectivity index (χ2v) is 11.2. The first-order valence-corrected chi connectivity index (χ1v) is 10.0. The molecule has 76 valence electrons. The first-order chi connectivity index (χ1) is 5.12. The SMILES string of the molecule is CC[Si](C)(C)O.CC[Si](C)(O)O. The van der Waals surface area contributed by atoms with E-state index in [0.717, 1.165) is 6.04 Å². The van der Waals surface area contributed by atoms with E-state index in [1.54, 1.807) is 6.92 Å². The third kappa shape index (κ3) is 22.4. The summed E-state index contributed by atoms with van der Waals surface area (Å²) in [6.07, 6.45) is 0. The first-order valence-electron chi connectivity index (χ1n) is 4.29.